The molecule has 1 aromatic heterocycles. The Hall–Kier alpha value is -2.34. The predicted octanol–water partition coefficient (Wildman–Crippen LogP) is 1.99. The van der Waals surface area contributed by atoms with Crippen LogP contribution < -0.4 is 15.8 Å². The van der Waals surface area contributed by atoms with E-state index in [9.17, 15) is 5.11 Å². The van der Waals surface area contributed by atoms with E-state index >= 15 is 0 Å². The summed E-state index contributed by atoms with van der Waals surface area (Å²) < 4.78 is 5.49. The maximum atomic E-state index is 10.1. The Labute approximate surface area is 124 Å². The summed E-state index contributed by atoms with van der Waals surface area (Å²) in [6.07, 6.45) is 1.000. The molecule has 0 saturated carbocycles. The van der Waals surface area contributed by atoms with E-state index in [1.165, 1.54) is 0 Å². The maximum Gasteiger partial charge on any atom is 0.226 e. The van der Waals surface area contributed by atoms with Crippen LogP contribution in [0.1, 0.15) is 25.5 Å². The molecule has 1 atom stereocenters. The number of nitrogens with two attached hydrogens (primary N) is 1. The van der Waals surface area contributed by atoms with Crippen molar-refractivity contribution < 1.29 is 9.84 Å². The van der Waals surface area contributed by atoms with Gasteiger partial charge in [0.25, 0.3) is 0 Å². The summed E-state index contributed by atoms with van der Waals surface area (Å²) in [5.74, 6) is 0.923. The van der Waals surface area contributed by atoms with Gasteiger partial charge >= 0.3 is 0 Å². The van der Waals surface area contributed by atoms with E-state index in [4.69, 9.17) is 10.5 Å². The van der Waals surface area contributed by atoms with Crippen LogP contribution in [0.15, 0.2) is 36.5 Å². The Kier molecular flexibility index (Phi) is 4.94. The molecule has 6 heteroatoms. The molecular formula is C15H20N4O2. The van der Waals surface area contributed by atoms with Crippen LogP contribution in [0.3, 0.4) is 0 Å². The number of aromatic nitrogens is 2. The Bertz CT molecular complexity index is 572. The van der Waals surface area contributed by atoms with Crippen molar-refractivity contribution in [3.8, 4) is 5.88 Å². The number of anilines is 2. The van der Waals surface area contributed by atoms with E-state index in [1.807, 2.05) is 13.8 Å². The molecule has 0 bridgehead atoms. The monoisotopic (exact) mass is 288 g/mol. The third-order valence-corrected chi connectivity index (χ3v) is 2.76. The summed E-state index contributed by atoms with van der Waals surface area (Å²) in [4.78, 5) is 8.31. The molecule has 1 unspecified atom stereocenters. The van der Waals surface area contributed by atoms with Crippen LogP contribution in [0.5, 0.6) is 5.88 Å². The van der Waals surface area contributed by atoms with E-state index < -0.39 is 6.10 Å². The fourth-order valence-electron chi connectivity index (χ4n) is 1.76. The summed E-state index contributed by atoms with van der Waals surface area (Å²) in [6.45, 7) is 4.16. The van der Waals surface area contributed by atoms with Gasteiger partial charge in [0.1, 0.15) is 0 Å². The molecule has 0 aliphatic carbocycles. The van der Waals surface area contributed by atoms with Crippen molar-refractivity contribution in [1.82, 2.24) is 9.97 Å². The molecule has 1 aromatic carbocycles. The minimum atomic E-state index is -0.663. The van der Waals surface area contributed by atoms with Gasteiger partial charge in [0, 0.05) is 24.5 Å². The standard InChI is InChI=1S/C15H20N4O2/c1-10(2)21-14-7-8-17-15(19-14)18-9-13(20)11-3-5-12(16)6-4-11/h3-8,10,13,20H,9,16H2,1-2H3,(H,17,18,19). The average Bonchev–Trinajstić information content (AvgIpc) is 2.45. The first-order chi connectivity index (χ1) is 10.0. The lowest BCUT2D eigenvalue weighted by Gasteiger charge is -2.13. The summed E-state index contributed by atoms with van der Waals surface area (Å²) in [7, 11) is 0. The highest BCUT2D eigenvalue weighted by molar-refractivity contribution is 5.40. The topological polar surface area (TPSA) is 93.3 Å². The number of benzene rings is 1. The summed E-state index contributed by atoms with van der Waals surface area (Å²) in [6, 6.07) is 8.79. The zero-order valence-corrected chi connectivity index (χ0v) is 12.2. The van der Waals surface area contributed by atoms with Crippen molar-refractivity contribution >= 4 is 11.6 Å². The van der Waals surface area contributed by atoms with Crippen LogP contribution >= 0.6 is 0 Å². The van der Waals surface area contributed by atoms with Gasteiger partial charge in [0.15, 0.2) is 0 Å². The lowest BCUT2D eigenvalue weighted by molar-refractivity contribution is 0.191. The van der Waals surface area contributed by atoms with Gasteiger partial charge in [-0.1, -0.05) is 12.1 Å². The minimum Gasteiger partial charge on any atom is -0.475 e. The number of nitrogens with one attached hydrogen (secondary N) is 1. The van der Waals surface area contributed by atoms with Crippen molar-refractivity contribution in [2.45, 2.75) is 26.1 Å². The van der Waals surface area contributed by atoms with Crippen molar-refractivity contribution in [3.63, 3.8) is 0 Å². The maximum absolute atomic E-state index is 10.1. The van der Waals surface area contributed by atoms with Gasteiger partial charge in [0.05, 0.1) is 12.2 Å². The second kappa shape index (κ2) is 6.90. The second-order valence-electron chi connectivity index (χ2n) is 4.95. The Morgan fingerprint density at radius 1 is 1.24 bits per heavy atom. The van der Waals surface area contributed by atoms with Crippen molar-refractivity contribution in [3.05, 3.63) is 42.1 Å². The fraction of sp³-hybridized carbons (Fsp3) is 0.333. The van der Waals surface area contributed by atoms with Gasteiger partial charge in [-0.3, -0.25) is 0 Å². The Morgan fingerprint density at radius 2 is 1.95 bits per heavy atom. The molecule has 2 aromatic rings. The molecule has 0 aliphatic rings. The molecular weight excluding hydrogens is 268 g/mol. The molecule has 21 heavy (non-hydrogen) atoms. The fourth-order valence-corrected chi connectivity index (χ4v) is 1.76. The molecule has 0 aliphatic heterocycles. The largest absolute Gasteiger partial charge is 0.475 e. The van der Waals surface area contributed by atoms with E-state index in [2.05, 4.69) is 15.3 Å². The first-order valence-corrected chi connectivity index (χ1v) is 6.81. The number of hydrogen-bond acceptors (Lipinski definition) is 6. The molecule has 0 fully saturated rings. The highest BCUT2D eigenvalue weighted by atomic mass is 16.5. The van der Waals surface area contributed by atoms with Crippen molar-refractivity contribution in [1.29, 1.82) is 0 Å². The van der Waals surface area contributed by atoms with Crippen LogP contribution in [-0.4, -0.2) is 27.7 Å². The molecule has 112 valence electrons. The third kappa shape index (κ3) is 4.61. The van der Waals surface area contributed by atoms with Crippen LogP contribution in [0.2, 0.25) is 0 Å². The van der Waals surface area contributed by atoms with E-state index in [-0.39, 0.29) is 6.10 Å². The first kappa shape index (κ1) is 15.1. The van der Waals surface area contributed by atoms with Crippen LogP contribution in [0.4, 0.5) is 11.6 Å². The number of rotatable bonds is 6. The molecule has 0 spiro atoms. The van der Waals surface area contributed by atoms with Crippen LogP contribution in [0, 0.1) is 0 Å². The predicted molar refractivity (Wildman–Crippen MR) is 82.1 cm³/mol. The molecule has 0 saturated heterocycles. The SMILES string of the molecule is CC(C)Oc1ccnc(NCC(O)c2ccc(N)cc2)n1. The Morgan fingerprint density at radius 3 is 2.62 bits per heavy atom. The van der Waals surface area contributed by atoms with Gasteiger partial charge in [-0.15, -0.1) is 0 Å². The molecule has 4 N–H and O–H groups in total. The van der Waals surface area contributed by atoms with E-state index in [0.717, 1.165) is 5.56 Å². The number of aliphatic hydroxyl groups excluding tert-OH is 1. The van der Waals surface area contributed by atoms with E-state index in [0.29, 0.717) is 24.1 Å². The molecule has 6 nitrogen and oxygen atoms in total. The summed E-state index contributed by atoms with van der Waals surface area (Å²) in [5, 5.41) is 13.1. The normalized spacial score (nSPS) is 12.2. The zero-order chi connectivity index (χ0) is 15.2. The second-order valence-corrected chi connectivity index (χ2v) is 4.95. The quantitative estimate of drug-likeness (QED) is 0.704. The smallest absolute Gasteiger partial charge is 0.226 e. The Balaban J connectivity index is 1.94. The number of nitrogen functional groups attached to an aromatic ring is 1. The van der Waals surface area contributed by atoms with Gasteiger partial charge in [-0.05, 0) is 31.5 Å². The van der Waals surface area contributed by atoms with Crippen molar-refractivity contribution in [2.24, 2.45) is 0 Å². The number of hydrogen-bond donors (Lipinski definition) is 3. The lowest BCUT2D eigenvalue weighted by Crippen LogP contribution is -2.14. The lowest BCUT2D eigenvalue weighted by atomic mass is 10.1. The van der Waals surface area contributed by atoms with Gasteiger partial charge in [-0.2, -0.15) is 4.98 Å². The number of nitrogens with zero attached hydrogens (tertiary/aromatic N) is 2. The van der Waals surface area contributed by atoms with Gasteiger partial charge in [0.2, 0.25) is 11.8 Å². The highest BCUT2D eigenvalue weighted by Crippen LogP contribution is 2.16. The van der Waals surface area contributed by atoms with Gasteiger partial charge in [-0.25, -0.2) is 4.98 Å². The number of aliphatic hydroxyl groups is 1. The highest BCUT2D eigenvalue weighted by Gasteiger charge is 2.08. The van der Waals surface area contributed by atoms with Crippen LogP contribution in [-0.2, 0) is 0 Å². The minimum absolute atomic E-state index is 0.0492. The zero-order valence-electron chi connectivity index (χ0n) is 12.2. The first-order valence-electron chi connectivity index (χ1n) is 6.81. The number of ether oxygens (including phenoxy) is 1. The summed E-state index contributed by atoms with van der Waals surface area (Å²) >= 11 is 0. The van der Waals surface area contributed by atoms with E-state index in [1.54, 1.807) is 36.5 Å². The van der Waals surface area contributed by atoms with Gasteiger partial charge < -0.3 is 20.9 Å². The molecule has 1 heterocycles. The third-order valence-electron chi connectivity index (χ3n) is 2.76. The molecule has 0 radical (unpaired) electrons. The summed E-state index contributed by atoms with van der Waals surface area (Å²) in [5.41, 5.74) is 7.07. The van der Waals surface area contributed by atoms with Crippen molar-refractivity contribution in [2.75, 3.05) is 17.6 Å². The molecule has 0 amide bonds. The average molecular weight is 288 g/mol. The van der Waals surface area contributed by atoms with Crippen LogP contribution in [0.25, 0.3) is 0 Å². The molecule has 2 rings (SSSR count).